The standard InChI is InChI=1S/C20H14BN.Zr/c21-22(19-13-5-9-15-7-1-3-11-17(15)19)20-14-6-10-16-8-2-4-12-18(16)20;/h1-14H;/q;+2. The Kier molecular flexibility index (Phi) is 4.06. The van der Waals surface area contributed by atoms with Crippen molar-refractivity contribution in [1.82, 2.24) is 0 Å². The van der Waals surface area contributed by atoms with Crippen molar-refractivity contribution in [2.75, 3.05) is 4.81 Å². The number of anilines is 2. The quantitative estimate of drug-likeness (QED) is 0.448. The van der Waals surface area contributed by atoms with Gasteiger partial charge in [-0.05, 0) is 0 Å². The second-order valence-electron chi connectivity index (χ2n) is 5.50. The summed E-state index contributed by atoms with van der Waals surface area (Å²) in [5, 5.41) is 5.10. The molecule has 4 rings (SSSR count). The Labute approximate surface area is 150 Å². The number of nitrogens with zero attached hydrogens (tertiary/aromatic N) is 1. The molecule has 0 heterocycles. The zero-order chi connectivity index (χ0) is 15.6. The maximum atomic E-state index is 2.32. The van der Waals surface area contributed by atoms with E-state index in [0.717, 1.165) is 0 Å². The Hall–Kier alpha value is -1.85. The van der Waals surface area contributed by atoms with Crippen LogP contribution in [0.1, 0.15) is 0 Å². The van der Waals surface area contributed by atoms with Crippen molar-refractivity contribution < 1.29 is 24.0 Å². The zero-order valence-electron chi connectivity index (χ0n) is 12.6. The minimum absolute atomic E-state index is 1.23. The number of fused-ring (bicyclic) bond motifs is 2. The molecular formula is C20H14BNZr+2. The van der Waals surface area contributed by atoms with Crippen molar-refractivity contribution in [2.45, 2.75) is 0 Å². The molecule has 0 fully saturated rings. The average molecular weight is 370 g/mol. The van der Waals surface area contributed by atoms with Crippen LogP contribution in [-0.2, 0) is 24.0 Å². The van der Waals surface area contributed by atoms with Crippen LogP contribution >= 0.6 is 0 Å². The summed E-state index contributed by atoms with van der Waals surface area (Å²) >= 11 is 1.38. The second-order valence-corrected chi connectivity index (χ2v) is 6.13. The van der Waals surface area contributed by atoms with Crippen molar-refractivity contribution in [1.29, 1.82) is 0 Å². The van der Waals surface area contributed by atoms with Gasteiger partial charge in [-0.3, -0.25) is 0 Å². The molecule has 23 heavy (non-hydrogen) atoms. The van der Waals surface area contributed by atoms with Crippen LogP contribution in [0.25, 0.3) is 21.5 Å². The molecule has 0 atom stereocenters. The molecule has 0 saturated carbocycles. The number of hydrogen-bond acceptors (Lipinski definition) is 1. The van der Waals surface area contributed by atoms with Gasteiger partial charge in [-0.15, -0.1) is 0 Å². The third kappa shape index (κ3) is 2.64. The summed E-state index contributed by atoms with van der Waals surface area (Å²) in [6.07, 6.45) is 0. The fraction of sp³-hybridized carbons (Fsp3) is 0. The Morgan fingerprint density at radius 2 is 1.00 bits per heavy atom. The van der Waals surface area contributed by atoms with Gasteiger partial charge < -0.3 is 0 Å². The molecule has 0 unspecified atom stereocenters. The molecule has 0 amide bonds. The Balaban J connectivity index is 1.99. The molecule has 0 aromatic heterocycles. The van der Waals surface area contributed by atoms with Gasteiger partial charge in [0, 0.05) is 0 Å². The van der Waals surface area contributed by atoms with Gasteiger partial charge in [0.15, 0.2) is 0 Å². The summed E-state index contributed by atoms with van der Waals surface area (Å²) in [6, 6.07) is 30.1. The molecule has 0 N–H and O–H groups in total. The van der Waals surface area contributed by atoms with Gasteiger partial charge in [0.05, 0.1) is 0 Å². The molecular weight excluding hydrogens is 356 g/mol. The average Bonchev–Trinajstić information content (AvgIpc) is 2.63. The summed E-state index contributed by atoms with van der Waals surface area (Å²) in [6.45, 7) is 0. The molecule has 104 valence electrons. The van der Waals surface area contributed by atoms with E-state index in [9.17, 15) is 0 Å². The van der Waals surface area contributed by atoms with E-state index in [1.807, 2.05) is 0 Å². The third-order valence-electron chi connectivity index (χ3n) is 4.18. The monoisotopic (exact) mass is 369 g/mol. The van der Waals surface area contributed by atoms with Crippen molar-refractivity contribution in [3.8, 4) is 0 Å². The maximum absolute atomic E-state index is 2.32. The van der Waals surface area contributed by atoms with E-state index in [4.69, 9.17) is 0 Å². The first-order chi connectivity index (χ1) is 11.4. The predicted molar refractivity (Wildman–Crippen MR) is 95.8 cm³/mol. The van der Waals surface area contributed by atoms with Crippen molar-refractivity contribution in [3.63, 3.8) is 0 Å². The molecule has 0 aliphatic rings. The summed E-state index contributed by atoms with van der Waals surface area (Å²) < 4.78 is 2.23. The van der Waals surface area contributed by atoms with E-state index < -0.39 is 0 Å². The molecule has 0 radical (unpaired) electrons. The molecule has 0 saturated heterocycles. The van der Waals surface area contributed by atoms with Crippen LogP contribution < -0.4 is 4.81 Å². The second kappa shape index (κ2) is 6.34. The van der Waals surface area contributed by atoms with Crippen LogP contribution in [0.15, 0.2) is 84.9 Å². The number of hydrogen-bond donors (Lipinski definition) is 0. The molecule has 4 aromatic rings. The SMILES string of the molecule is [Zr+2]=[B]N(c1cccc2ccccc12)c1cccc2ccccc12. The van der Waals surface area contributed by atoms with Gasteiger partial charge >= 0.3 is 151 Å². The van der Waals surface area contributed by atoms with E-state index >= 15 is 0 Å². The van der Waals surface area contributed by atoms with Crippen molar-refractivity contribution >= 4 is 37.4 Å². The predicted octanol–water partition coefficient (Wildman–Crippen LogP) is 5.21. The van der Waals surface area contributed by atoms with Gasteiger partial charge in [0.25, 0.3) is 0 Å². The molecule has 4 aromatic carbocycles. The molecule has 1 nitrogen and oxygen atoms in total. The normalized spacial score (nSPS) is 10.7. The molecule has 0 aliphatic heterocycles. The Morgan fingerprint density at radius 3 is 1.48 bits per heavy atom. The van der Waals surface area contributed by atoms with Crippen LogP contribution in [0, 0.1) is 0 Å². The summed E-state index contributed by atoms with van der Waals surface area (Å²) in [7, 11) is 0. The van der Waals surface area contributed by atoms with Gasteiger partial charge in [-0.1, -0.05) is 0 Å². The topological polar surface area (TPSA) is 3.24 Å². The molecule has 3 heteroatoms. The summed E-state index contributed by atoms with van der Waals surface area (Å²) in [5.74, 6) is 0. The van der Waals surface area contributed by atoms with Crippen LogP contribution in [0.5, 0.6) is 0 Å². The number of benzene rings is 4. The first-order valence-corrected chi connectivity index (χ1v) is 9.06. The van der Waals surface area contributed by atoms with E-state index in [1.54, 1.807) is 0 Å². The van der Waals surface area contributed by atoms with Crippen LogP contribution in [0.4, 0.5) is 11.4 Å². The number of rotatable bonds is 3. The zero-order valence-corrected chi connectivity index (χ0v) is 15.1. The van der Waals surface area contributed by atoms with Crippen molar-refractivity contribution in [3.05, 3.63) is 84.9 Å². The van der Waals surface area contributed by atoms with Gasteiger partial charge in [-0.2, -0.15) is 0 Å². The van der Waals surface area contributed by atoms with E-state index in [-0.39, 0.29) is 0 Å². The van der Waals surface area contributed by atoms with Crippen LogP contribution in [-0.4, -0.2) is 4.51 Å². The minimum atomic E-state index is 1.23. The van der Waals surface area contributed by atoms with Gasteiger partial charge in [0.1, 0.15) is 0 Å². The Bertz CT molecular complexity index is 922. The molecule has 0 spiro atoms. The Morgan fingerprint density at radius 1 is 0.565 bits per heavy atom. The fourth-order valence-electron chi connectivity index (χ4n) is 3.11. The van der Waals surface area contributed by atoms with E-state index in [1.165, 1.54) is 56.9 Å². The van der Waals surface area contributed by atoms with Crippen LogP contribution in [0.3, 0.4) is 0 Å². The first-order valence-electron chi connectivity index (χ1n) is 7.64. The molecule has 0 bridgehead atoms. The summed E-state index contributed by atoms with van der Waals surface area (Å²) in [5.41, 5.74) is 2.47. The van der Waals surface area contributed by atoms with Gasteiger partial charge in [-0.25, -0.2) is 0 Å². The van der Waals surface area contributed by atoms with E-state index in [2.05, 4.69) is 94.2 Å². The van der Waals surface area contributed by atoms with Crippen LogP contribution in [0.2, 0.25) is 0 Å². The fourth-order valence-corrected chi connectivity index (χ4v) is 3.79. The summed E-state index contributed by atoms with van der Waals surface area (Å²) in [4.78, 5) is 2.32. The first kappa shape index (κ1) is 14.7. The van der Waals surface area contributed by atoms with Gasteiger partial charge in [0.2, 0.25) is 0 Å². The van der Waals surface area contributed by atoms with E-state index in [0.29, 0.717) is 0 Å². The van der Waals surface area contributed by atoms with Crippen molar-refractivity contribution in [2.24, 2.45) is 0 Å². The molecule has 0 aliphatic carbocycles. The third-order valence-corrected chi connectivity index (χ3v) is 4.82.